The molecule has 0 saturated carbocycles. The molecule has 0 amide bonds. The van der Waals surface area contributed by atoms with Gasteiger partial charge in [0, 0.05) is 5.56 Å². The van der Waals surface area contributed by atoms with Crippen LogP contribution < -0.4 is 0 Å². The third-order valence-electron chi connectivity index (χ3n) is 3.05. The third-order valence-corrected chi connectivity index (χ3v) is 3.88. The molecule has 3 rings (SSSR count). The number of rotatable bonds is 1. The van der Waals surface area contributed by atoms with E-state index >= 15 is 0 Å². The van der Waals surface area contributed by atoms with E-state index in [1.807, 2.05) is 11.6 Å². The molecule has 0 fully saturated rings. The van der Waals surface area contributed by atoms with Crippen LogP contribution in [0.1, 0.15) is 12.6 Å². The molecule has 18 heavy (non-hydrogen) atoms. The van der Waals surface area contributed by atoms with E-state index < -0.39 is 0 Å². The van der Waals surface area contributed by atoms with Gasteiger partial charge in [-0.05, 0) is 47.1 Å². The Bertz CT molecular complexity index is 579. The number of nitrogens with zero attached hydrogens (tertiary/aromatic N) is 2. The van der Waals surface area contributed by atoms with E-state index in [4.69, 9.17) is 4.74 Å². The fourth-order valence-electron chi connectivity index (χ4n) is 2.07. The van der Waals surface area contributed by atoms with Gasteiger partial charge >= 0.3 is 0 Å². The van der Waals surface area contributed by atoms with Crippen LogP contribution in [0.4, 0.5) is 4.39 Å². The Balaban J connectivity index is 2.06. The summed E-state index contributed by atoms with van der Waals surface area (Å²) in [4.78, 5) is 0. The van der Waals surface area contributed by atoms with Gasteiger partial charge in [0.05, 0.1) is 29.4 Å². The molecule has 1 aliphatic rings. The maximum atomic E-state index is 12.9. The molecular formula is C13H12BrFN2O. The number of benzene rings is 1. The average molecular weight is 311 g/mol. The second-order valence-corrected chi connectivity index (χ2v) is 5.21. The van der Waals surface area contributed by atoms with Gasteiger partial charge in [0.15, 0.2) is 0 Å². The zero-order valence-electron chi connectivity index (χ0n) is 9.86. The van der Waals surface area contributed by atoms with Crippen LogP contribution in [0.2, 0.25) is 0 Å². The largest absolute Gasteiger partial charge is 0.370 e. The lowest BCUT2D eigenvalue weighted by Crippen LogP contribution is -2.25. The highest BCUT2D eigenvalue weighted by atomic mass is 79.9. The van der Waals surface area contributed by atoms with Crippen LogP contribution in [0.25, 0.3) is 11.3 Å². The summed E-state index contributed by atoms with van der Waals surface area (Å²) in [5.41, 5.74) is 2.77. The van der Waals surface area contributed by atoms with Gasteiger partial charge in [-0.1, -0.05) is 0 Å². The maximum absolute atomic E-state index is 12.9. The predicted molar refractivity (Wildman–Crippen MR) is 69.6 cm³/mol. The zero-order valence-corrected chi connectivity index (χ0v) is 11.4. The molecular weight excluding hydrogens is 299 g/mol. The molecule has 2 aromatic rings. The molecule has 0 unspecified atom stereocenters. The van der Waals surface area contributed by atoms with E-state index in [0.717, 1.165) is 28.0 Å². The van der Waals surface area contributed by atoms with Crippen molar-refractivity contribution in [3.8, 4) is 11.3 Å². The predicted octanol–water partition coefficient (Wildman–Crippen LogP) is 3.37. The fourth-order valence-corrected chi connectivity index (χ4v) is 2.70. The van der Waals surface area contributed by atoms with Crippen molar-refractivity contribution in [2.75, 3.05) is 0 Å². The fraction of sp³-hybridized carbons (Fsp3) is 0.308. The first-order valence-electron chi connectivity index (χ1n) is 5.78. The smallest absolute Gasteiger partial charge is 0.123 e. The molecule has 5 heteroatoms. The minimum Gasteiger partial charge on any atom is -0.370 e. The van der Waals surface area contributed by atoms with E-state index in [9.17, 15) is 4.39 Å². The van der Waals surface area contributed by atoms with Crippen LogP contribution in [0.3, 0.4) is 0 Å². The number of hydrogen-bond acceptors (Lipinski definition) is 2. The normalized spacial score (nSPS) is 18.7. The summed E-state index contributed by atoms with van der Waals surface area (Å²) in [7, 11) is 0. The quantitative estimate of drug-likeness (QED) is 0.807. The van der Waals surface area contributed by atoms with Crippen molar-refractivity contribution in [2.24, 2.45) is 0 Å². The molecule has 0 N–H and O–H groups in total. The standard InChI is InChI=1S/C13H12BrFN2O/c1-8-6-17-11(7-18-8)12(14)13(16-17)9-2-4-10(15)5-3-9/h2-5,8H,6-7H2,1H3/t8-/m1/s1. The Morgan fingerprint density at radius 2 is 2.11 bits per heavy atom. The number of hydrogen-bond donors (Lipinski definition) is 0. The summed E-state index contributed by atoms with van der Waals surface area (Å²) in [5, 5.41) is 4.57. The number of aromatic nitrogens is 2. The molecule has 1 aromatic heterocycles. The van der Waals surface area contributed by atoms with Crippen LogP contribution in [0.15, 0.2) is 28.7 Å². The van der Waals surface area contributed by atoms with Crippen molar-refractivity contribution in [3.05, 3.63) is 40.2 Å². The van der Waals surface area contributed by atoms with E-state index in [0.29, 0.717) is 6.61 Å². The van der Waals surface area contributed by atoms with Crippen LogP contribution >= 0.6 is 15.9 Å². The average Bonchev–Trinajstić information content (AvgIpc) is 2.67. The molecule has 0 spiro atoms. The van der Waals surface area contributed by atoms with Gasteiger partial charge in [-0.3, -0.25) is 4.68 Å². The van der Waals surface area contributed by atoms with Crippen molar-refractivity contribution in [2.45, 2.75) is 26.2 Å². The minimum absolute atomic E-state index is 0.172. The Kier molecular flexibility index (Phi) is 2.95. The molecule has 94 valence electrons. The molecule has 1 aliphatic heterocycles. The molecule has 0 radical (unpaired) electrons. The second kappa shape index (κ2) is 4.48. The Morgan fingerprint density at radius 1 is 1.39 bits per heavy atom. The Hall–Kier alpha value is -1.20. The van der Waals surface area contributed by atoms with Crippen molar-refractivity contribution >= 4 is 15.9 Å². The topological polar surface area (TPSA) is 27.1 Å². The molecule has 0 saturated heterocycles. The van der Waals surface area contributed by atoms with Gasteiger partial charge in [0.1, 0.15) is 11.5 Å². The summed E-state index contributed by atoms with van der Waals surface area (Å²) in [6.45, 7) is 3.32. The minimum atomic E-state index is -0.240. The zero-order chi connectivity index (χ0) is 12.7. The molecule has 2 heterocycles. The highest BCUT2D eigenvalue weighted by molar-refractivity contribution is 9.10. The van der Waals surface area contributed by atoms with E-state index in [1.165, 1.54) is 12.1 Å². The lowest BCUT2D eigenvalue weighted by atomic mass is 10.1. The van der Waals surface area contributed by atoms with Crippen LogP contribution in [-0.2, 0) is 17.9 Å². The lowest BCUT2D eigenvalue weighted by molar-refractivity contribution is 0.0120. The van der Waals surface area contributed by atoms with E-state index in [1.54, 1.807) is 12.1 Å². The summed E-state index contributed by atoms with van der Waals surface area (Å²) < 4.78 is 21.4. The van der Waals surface area contributed by atoms with Crippen LogP contribution in [0, 0.1) is 5.82 Å². The third kappa shape index (κ3) is 1.97. The first-order valence-corrected chi connectivity index (χ1v) is 6.57. The summed E-state index contributed by atoms with van der Waals surface area (Å²) in [6, 6.07) is 6.36. The van der Waals surface area contributed by atoms with Crippen LogP contribution in [-0.4, -0.2) is 15.9 Å². The second-order valence-electron chi connectivity index (χ2n) is 4.42. The van der Waals surface area contributed by atoms with Crippen LogP contribution in [0.5, 0.6) is 0 Å². The summed E-state index contributed by atoms with van der Waals surface area (Å²) in [6.07, 6.45) is 0.172. The maximum Gasteiger partial charge on any atom is 0.123 e. The van der Waals surface area contributed by atoms with Crippen molar-refractivity contribution in [1.82, 2.24) is 9.78 Å². The summed E-state index contributed by atoms with van der Waals surface area (Å²) in [5.74, 6) is -0.240. The molecule has 1 aromatic carbocycles. The van der Waals surface area contributed by atoms with Crippen molar-refractivity contribution in [3.63, 3.8) is 0 Å². The number of fused-ring (bicyclic) bond motifs is 1. The molecule has 3 nitrogen and oxygen atoms in total. The highest BCUT2D eigenvalue weighted by Crippen LogP contribution is 2.32. The monoisotopic (exact) mass is 310 g/mol. The van der Waals surface area contributed by atoms with Gasteiger partial charge in [-0.15, -0.1) is 0 Å². The van der Waals surface area contributed by atoms with Crippen molar-refractivity contribution < 1.29 is 9.13 Å². The SMILES string of the molecule is C[C@@H]1Cn2nc(-c3ccc(F)cc3)c(Br)c2CO1. The Morgan fingerprint density at radius 3 is 2.83 bits per heavy atom. The summed E-state index contributed by atoms with van der Waals surface area (Å²) >= 11 is 3.56. The van der Waals surface area contributed by atoms with Gasteiger partial charge in [-0.25, -0.2) is 4.39 Å². The van der Waals surface area contributed by atoms with Crippen molar-refractivity contribution in [1.29, 1.82) is 0 Å². The molecule has 1 atom stereocenters. The highest BCUT2D eigenvalue weighted by Gasteiger charge is 2.22. The van der Waals surface area contributed by atoms with E-state index in [-0.39, 0.29) is 11.9 Å². The Labute approximate surface area is 113 Å². The van der Waals surface area contributed by atoms with Gasteiger partial charge < -0.3 is 4.74 Å². The molecule has 0 bridgehead atoms. The first kappa shape index (κ1) is 11.9. The van der Waals surface area contributed by atoms with E-state index in [2.05, 4.69) is 21.0 Å². The van der Waals surface area contributed by atoms with Gasteiger partial charge in [0.2, 0.25) is 0 Å². The van der Waals surface area contributed by atoms with Gasteiger partial charge in [-0.2, -0.15) is 5.10 Å². The number of ether oxygens (including phenoxy) is 1. The first-order chi connectivity index (χ1) is 8.65. The lowest BCUT2D eigenvalue weighted by Gasteiger charge is -2.20. The van der Waals surface area contributed by atoms with Gasteiger partial charge in [0.25, 0.3) is 0 Å². The number of halogens is 2. The molecule has 0 aliphatic carbocycles.